The van der Waals surface area contributed by atoms with E-state index in [1.165, 1.54) is 7.05 Å². The summed E-state index contributed by atoms with van der Waals surface area (Å²) in [5, 5.41) is 0. The summed E-state index contributed by atoms with van der Waals surface area (Å²) in [6, 6.07) is 5.43. The molecule has 1 aromatic rings. The van der Waals surface area contributed by atoms with E-state index in [4.69, 9.17) is 0 Å². The third-order valence-corrected chi connectivity index (χ3v) is 3.06. The standard InChI is InChI=1S/C11H11NO2.C4H8O/c1-3-7-4-5-8-9(6-7)11(14)12(2)10(8)13;1-3-4(2)5/h4-6H,3H2,1-2H3;3H2,1-2H3. The molecule has 2 rings (SSSR count). The first kappa shape index (κ1) is 15.1. The number of hydrogen-bond acceptors (Lipinski definition) is 3. The van der Waals surface area contributed by atoms with Crippen LogP contribution in [0.25, 0.3) is 0 Å². The molecule has 0 bridgehead atoms. The summed E-state index contributed by atoms with van der Waals surface area (Å²) in [7, 11) is 1.51. The molecule has 0 atom stereocenters. The Morgan fingerprint density at radius 3 is 2.11 bits per heavy atom. The molecule has 0 radical (unpaired) electrons. The van der Waals surface area contributed by atoms with E-state index >= 15 is 0 Å². The molecule has 0 spiro atoms. The Morgan fingerprint density at radius 1 is 1.11 bits per heavy atom. The number of carbonyl (C=O) groups excluding carboxylic acids is 3. The van der Waals surface area contributed by atoms with E-state index in [0.717, 1.165) is 16.9 Å². The Morgan fingerprint density at radius 2 is 1.63 bits per heavy atom. The van der Waals surface area contributed by atoms with Crippen LogP contribution in [0, 0.1) is 0 Å². The van der Waals surface area contributed by atoms with Gasteiger partial charge in [0.05, 0.1) is 11.1 Å². The summed E-state index contributed by atoms with van der Waals surface area (Å²) < 4.78 is 0. The topological polar surface area (TPSA) is 54.5 Å². The molecule has 1 aromatic carbocycles. The zero-order chi connectivity index (χ0) is 14.6. The zero-order valence-corrected chi connectivity index (χ0v) is 11.8. The number of amides is 2. The van der Waals surface area contributed by atoms with E-state index in [1.54, 1.807) is 19.1 Å². The van der Waals surface area contributed by atoms with Crippen molar-refractivity contribution < 1.29 is 14.4 Å². The van der Waals surface area contributed by atoms with E-state index in [-0.39, 0.29) is 17.6 Å². The largest absolute Gasteiger partial charge is 0.300 e. The third kappa shape index (κ3) is 3.28. The Labute approximate surface area is 113 Å². The molecule has 0 saturated heterocycles. The maximum absolute atomic E-state index is 11.6. The van der Waals surface area contributed by atoms with Crippen LogP contribution in [0.3, 0.4) is 0 Å². The molecule has 2 amide bonds. The minimum atomic E-state index is -0.201. The summed E-state index contributed by atoms with van der Waals surface area (Å²) in [5.74, 6) is -0.141. The van der Waals surface area contributed by atoms with Gasteiger partial charge in [0.15, 0.2) is 0 Å². The van der Waals surface area contributed by atoms with Crippen LogP contribution in [-0.2, 0) is 11.2 Å². The number of carbonyl (C=O) groups is 3. The fraction of sp³-hybridized carbons (Fsp3) is 0.400. The summed E-state index contributed by atoms with van der Waals surface area (Å²) in [4.78, 5) is 34.1. The summed E-state index contributed by atoms with van der Waals surface area (Å²) >= 11 is 0. The molecule has 19 heavy (non-hydrogen) atoms. The molecule has 0 unspecified atom stereocenters. The van der Waals surface area contributed by atoms with Crippen LogP contribution in [0.2, 0.25) is 0 Å². The van der Waals surface area contributed by atoms with Gasteiger partial charge in [-0.1, -0.05) is 19.9 Å². The second-order valence-corrected chi connectivity index (χ2v) is 4.46. The van der Waals surface area contributed by atoms with Crippen molar-refractivity contribution in [2.24, 2.45) is 0 Å². The van der Waals surface area contributed by atoms with Crippen molar-refractivity contribution >= 4 is 17.6 Å². The van der Waals surface area contributed by atoms with Crippen molar-refractivity contribution in [2.45, 2.75) is 33.6 Å². The van der Waals surface area contributed by atoms with Gasteiger partial charge in [-0.3, -0.25) is 14.5 Å². The molecule has 4 nitrogen and oxygen atoms in total. The lowest BCUT2D eigenvalue weighted by Crippen LogP contribution is -2.24. The predicted molar refractivity (Wildman–Crippen MR) is 73.2 cm³/mol. The number of imide groups is 1. The Hall–Kier alpha value is -1.97. The Bertz CT molecular complexity index is 520. The van der Waals surface area contributed by atoms with Gasteiger partial charge in [-0.05, 0) is 31.0 Å². The maximum atomic E-state index is 11.6. The van der Waals surface area contributed by atoms with Gasteiger partial charge in [-0.15, -0.1) is 0 Å². The zero-order valence-electron chi connectivity index (χ0n) is 11.8. The maximum Gasteiger partial charge on any atom is 0.261 e. The molecule has 1 aliphatic rings. The van der Waals surface area contributed by atoms with Crippen molar-refractivity contribution in [2.75, 3.05) is 7.05 Å². The average molecular weight is 261 g/mol. The summed E-state index contributed by atoms with van der Waals surface area (Å²) in [6.07, 6.45) is 1.54. The molecule has 1 heterocycles. The molecule has 102 valence electrons. The average Bonchev–Trinajstić information content (AvgIpc) is 2.64. The van der Waals surface area contributed by atoms with E-state index < -0.39 is 0 Å². The number of fused-ring (bicyclic) bond motifs is 1. The van der Waals surface area contributed by atoms with Gasteiger partial charge < -0.3 is 4.79 Å². The highest BCUT2D eigenvalue weighted by molar-refractivity contribution is 6.21. The fourth-order valence-electron chi connectivity index (χ4n) is 1.63. The first-order chi connectivity index (χ1) is 8.92. The molecule has 0 fully saturated rings. The Balaban J connectivity index is 0.000000312. The fourth-order valence-corrected chi connectivity index (χ4v) is 1.63. The molecule has 0 aliphatic carbocycles. The van der Waals surface area contributed by atoms with Gasteiger partial charge in [0.2, 0.25) is 0 Å². The number of benzene rings is 1. The van der Waals surface area contributed by atoms with Gasteiger partial charge in [0, 0.05) is 13.5 Å². The second-order valence-electron chi connectivity index (χ2n) is 4.46. The van der Waals surface area contributed by atoms with Crippen molar-refractivity contribution in [1.82, 2.24) is 4.90 Å². The number of Topliss-reactive ketones (excluding diaryl/α,β-unsaturated/α-hetero) is 1. The number of aryl methyl sites for hydroxylation is 1. The first-order valence-corrected chi connectivity index (χ1v) is 6.37. The van der Waals surface area contributed by atoms with Gasteiger partial charge in [-0.2, -0.15) is 0 Å². The SMILES string of the molecule is CCC(C)=O.CCc1ccc2c(c1)C(=O)N(C)C2=O. The molecule has 4 heteroatoms. The van der Waals surface area contributed by atoms with Gasteiger partial charge >= 0.3 is 0 Å². The quantitative estimate of drug-likeness (QED) is 0.768. The highest BCUT2D eigenvalue weighted by atomic mass is 16.2. The van der Waals surface area contributed by atoms with Gasteiger partial charge in [0.1, 0.15) is 5.78 Å². The van der Waals surface area contributed by atoms with Crippen LogP contribution in [0.15, 0.2) is 18.2 Å². The van der Waals surface area contributed by atoms with E-state index in [1.807, 2.05) is 19.9 Å². The van der Waals surface area contributed by atoms with E-state index in [9.17, 15) is 14.4 Å². The first-order valence-electron chi connectivity index (χ1n) is 6.37. The lowest BCUT2D eigenvalue weighted by Gasteiger charge is -2.02. The van der Waals surface area contributed by atoms with Gasteiger partial charge in [-0.25, -0.2) is 0 Å². The molecule has 0 aromatic heterocycles. The third-order valence-electron chi connectivity index (χ3n) is 3.06. The molecular weight excluding hydrogens is 242 g/mol. The Kier molecular flexibility index (Phi) is 4.98. The minimum absolute atomic E-state index is 0.194. The van der Waals surface area contributed by atoms with E-state index in [0.29, 0.717) is 17.5 Å². The molecule has 0 saturated carbocycles. The van der Waals surface area contributed by atoms with Crippen LogP contribution in [-0.4, -0.2) is 29.5 Å². The lowest BCUT2D eigenvalue weighted by atomic mass is 10.0. The molecule has 0 N–H and O–H groups in total. The highest BCUT2D eigenvalue weighted by Crippen LogP contribution is 2.22. The van der Waals surface area contributed by atoms with Gasteiger partial charge in [0.25, 0.3) is 11.8 Å². The normalized spacial score (nSPS) is 12.9. The monoisotopic (exact) mass is 261 g/mol. The minimum Gasteiger partial charge on any atom is -0.300 e. The number of nitrogens with zero attached hydrogens (tertiary/aromatic N) is 1. The number of hydrogen-bond donors (Lipinski definition) is 0. The molecule has 1 aliphatic heterocycles. The van der Waals surface area contributed by atoms with Crippen molar-refractivity contribution in [3.8, 4) is 0 Å². The van der Waals surface area contributed by atoms with Crippen LogP contribution in [0.1, 0.15) is 53.5 Å². The highest BCUT2D eigenvalue weighted by Gasteiger charge is 2.32. The number of ketones is 1. The lowest BCUT2D eigenvalue weighted by molar-refractivity contribution is -0.116. The second kappa shape index (κ2) is 6.27. The number of rotatable bonds is 2. The summed E-state index contributed by atoms with van der Waals surface area (Å²) in [6.45, 7) is 5.45. The smallest absolute Gasteiger partial charge is 0.261 e. The van der Waals surface area contributed by atoms with Crippen molar-refractivity contribution in [3.05, 3.63) is 34.9 Å². The van der Waals surface area contributed by atoms with Crippen LogP contribution in [0.4, 0.5) is 0 Å². The van der Waals surface area contributed by atoms with Crippen molar-refractivity contribution in [3.63, 3.8) is 0 Å². The van der Waals surface area contributed by atoms with Crippen LogP contribution >= 0.6 is 0 Å². The van der Waals surface area contributed by atoms with Crippen LogP contribution < -0.4 is 0 Å². The molecular formula is C15H19NO3. The summed E-state index contributed by atoms with van der Waals surface area (Å²) in [5.41, 5.74) is 2.15. The van der Waals surface area contributed by atoms with Crippen LogP contribution in [0.5, 0.6) is 0 Å². The predicted octanol–water partition coefficient (Wildman–Crippen LogP) is 2.46. The van der Waals surface area contributed by atoms with E-state index in [2.05, 4.69) is 0 Å². The van der Waals surface area contributed by atoms with Crippen molar-refractivity contribution in [1.29, 1.82) is 0 Å².